The van der Waals surface area contributed by atoms with Gasteiger partial charge in [0.05, 0.1) is 11.5 Å². The van der Waals surface area contributed by atoms with E-state index >= 15 is 0 Å². The first kappa shape index (κ1) is 20.5. The van der Waals surface area contributed by atoms with E-state index in [4.69, 9.17) is 0 Å². The molecular weight excluding hydrogens is 418 g/mol. The smallest absolute Gasteiger partial charge is 0.289 e. The summed E-state index contributed by atoms with van der Waals surface area (Å²) in [5.41, 5.74) is 2.34. The number of nitro groups is 1. The normalized spacial score (nSPS) is 13.5. The summed E-state index contributed by atoms with van der Waals surface area (Å²) < 4.78 is 28.0. The van der Waals surface area contributed by atoms with Gasteiger partial charge in [-0.3, -0.25) is 19.6 Å². The number of benzene rings is 3. The van der Waals surface area contributed by atoms with Gasteiger partial charge in [0.1, 0.15) is 0 Å². The van der Waals surface area contributed by atoms with Gasteiger partial charge in [0.25, 0.3) is 15.7 Å². The third kappa shape index (κ3) is 4.26. The molecule has 8 nitrogen and oxygen atoms in total. The van der Waals surface area contributed by atoms with Crippen LogP contribution in [-0.4, -0.2) is 19.2 Å². The summed E-state index contributed by atoms with van der Waals surface area (Å²) in [7, 11) is -4.16. The second-order valence-corrected chi connectivity index (χ2v) is 8.79. The number of para-hydroxylation sites is 1. The molecule has 158 valence electrons. The molecule has 0 saturated carbocycles. The molecule has 1 heterocycles. The van der Waals surface area contributed by atoms with Crippen molar-refractivity contribution in [3.05, 3.63) is 94.0 Å². The zero-order valence-electron chi connectivity index (χ0n) is 16.4. The quantitative estimate of drug-likeness (QED) is 0.465. The van der Waals surface area contributed by atoms with Crippen molar-refractivity contribution in [3.8, 4) is 0 Å². The third-order valence-electron chi connectivity index (χ3n) is 5.07. The minimum Gasteiger partial charge on any atom is -0.308 e. The van der Waals surface area contributed by atoms with Gasteiger partial charge < -0.3 is 4.90 Å². The summed E-state index contributed by atoms with van der Waals surface area (Å²) in [6, 6.07) is 19.7. The first-order chi connectivity index (χ1) is 14.8. The number of nitrogens with one attached hydrogen (secondary N) is 1. The molecule has 1 aliphatic heterocycles. The fraction of sp³-hybridized carbons (Fsp3) is 0.136. The van der Waals surface area contributed by atoms with E-state index in [-0.39, 0.29) is 11.6 Å². The predicted molar refractivity (Wildman–Crippen MR) is 116 cm³/mol. The zero-order valence-corrected chi connectivity index (χ0v) is 17.2. The molecule has 0 unspecified atom stereocenters. The lowest BCUT2D eigenvalue weighted by Crippen LogP contribution is -2.34. The lowest BCUT2D eigenvalue weighted by Gasteiger charge is -2.30. The molecular formula is C22H19N3O5S. The van der Waals surface area contributed by atoms with Crippen LogP contribution in [0.1, 0.15) is 17.5 Å². The fourth-order valence-corrected chi connectivity index (χ4v) is 4.83. The number of hydrogen-bond donors (Lipinski definition) is 1. The van der Waals surface area contributed by atoms with Crippen LogP contribution < -0.4 is 9.62 Å². The molecule has 0 saturated heterocycles. The molecule has 0 bridgehead atoms. The molecule has 0 fully saturated rings. The first-order valence-corrected chi connectivity index (χ1v) is 11.1. The van der Waals surface area contributed by atoms with Crippen LogP contribution in [0.4, 0.5) is 17.1 Å². The number of nitro benzene ring substituents is 1. The van der Waals surface area contributed by atoms with Crippen molar-refractivity contribution in [1.82, 2.24) is 0 Å². The topological polar surface area (TPSA) is 110 Å². The van der Waals surface area contributed by atoms with Gasteiger partial charge in [-0.15, -0.1) is 0 Å². The molecule has 31 heavy (non-hydrogen) atoms. The second kappa shape index (κ2) is 8.19. The number of amides is 1. The number of carbonyl (C=O) groups is 1. The SMILES string of the molecule is O=C1CCc2cc(NS(=O)(=O)c3ccccc3[N+](=O)[O-])ccc2N1Cc1ccccc1. The zero-order chi connectivity index (χ0) is 22.0. The molecule has 0 atom stereocenters. The lowest BCUT2D eigenvalue weighted by atomic mass is 10.00. The molecule has 0 aliphatic carbocycles. The fourth-order valence-electron chi connectivity index (χ4n) is 3.61. The number of anilines is 2. The monoisotopic (exact) mass is 437 g/mol. The molecule has 0 spiro atoms. The van der Waals surface area contributed by atoms with Crippen LogP contribution in [0, 0.1) is 10.1 Å². The highest BCUT2D eigenvalue weighted by atomic mass is 32.2. The second-order valence-electron chi connectivity index (χ2n) is 7.14. The highest BCUT2D eigenvalue weighted by molar-refractivity contribution is 7.92. The van der Waals surface area contributed by atoms with Crippen LogP contribution in [0.2, 0.25) is 0 Å². The number of sulfonamides is 1. The summed E-state index contributed by atoms with van der Waals surface area (Å²) in [5, 5.41) is 11.2. The van der Waals surface area contributed by atoms with E-state index < -0.39 is 25.5 Å². The molecule has 4 rings (SSSR count). The standard InChI is InChI=1S/C22H19N3O5S/c26-22-13-10-17-14-18(11-12-19(17)24(22)15-16-6-2-1-3-7-16)23-31(29,30)21-9-5-4-8-20(21)25(27)28/h1-9,11-12,14,23H,10,13,15H2. The maximum Gasteiger partial charge on any atom is 0.289 e. The van der Waals surface area contributed by atoms with E-state index in [0.29, 0.717) is 19.4 Å². The Morgan fingerprint density at radius 1 is 0.968 bits per heavy atom. The number of nitrogens with zero attached hydrogens (tertiary/aromatic N) is 2. The summed E-state index contributed by atoms with van der Waals surface area (Å²) >= 11 is 0. The van der Waals surface area contributed by atoms with Gasteiger partial charge in [-0.2, -0.15) is 0 Å². The number of aryl methyl sites for hydroxylation is 1. The van der Waals surface area contributed by atoms with E-state index in [2.05, 4.69) is 4.72 Å². The van der Waals surface area contributed by atoms with E-state index in [9.17, 15) is 23.3 Å². The summed E-state index contributed by atoms with van der Waals surface area (Å²) in [4.78, 5) is 24.3. The van der Waals surface area contributed by atoms with Gasteiger partial charge in [0.2, 0.25) is 5.91 Å². The maximum absolute atomic E-state index is 12.8. The minimum atomic E-state index is -4.16. The Kier molecular flexibility index (Phi) is 5.43. The van der Waals surface area contributed by atoms with Gasteiger partial charge >= 0.3 is 0 Å². The molecule has 3 aromatic rings. The van der Waals surface area contributed by atoms with Gasteiger partial charge in [0, 0.05) is 23.9 Å². The molecule has 1 N–H and O–H groups in total. The van der Waals surface area contributed by atoms with E-state index in [1.165, 1.54) is 18.2 Å². The average molecular weight is 437 g/mol. The van der Waals surface area contributed by atoms with Crippen molar-refractivity contribution in [2.24, 2.45) is 0 Å². The van der Waals surface area contributed by atoms with Crippen molar-refractivity contribution in [2.45, 2.75) is 24.3 Å². The number of carbonyl (C=O) groups excluding carboxylic acids is 1. The number of rotatable bonds is 6. The molecule has 9 heteroatoms. The van der Waals surface area contributed by atoms with Crippen LogP contribution in [0.3, 0.4) is 0 Å². The molecule has 3 aromatic carbocycles. The van der Waals surface area contributed by atoms with Gasteiger partial charge in [-0.1, -0.05) is 42.5 Å². The lowest BCUT2D eigenvalue weighted by molar-refractivity contribution is -0.387. The van der Waals surface area contributed by atoms with Crippen molar-refractivity contribution in [2.75, 3.05) is 9.62 Å². The maximum atomic E-state index is 12.8. The Morgan fingerprint density at radius 3 is 2.42 bits per heavy atom. The largest absolute Gasteiger partial charge is 0.308 e. The van der Waals surface area contributed by atoms with E-state index in [1.807, 2.05) is 30.3 Å². The molecule has 1 amide bonds. The Balaban J connectivity index is 1.63. The number of fused-ring (bicyclic) bond motifs is 1. The molecule has 1 aliphatic rings. The van der Waals surface area contributed by atoms with Gasteiger partial charge in [-0.05, 0) is 41.8 Å². The predicted octanol–water partition coefficient (Wildman–Crippen LogP) is 3.88. The van der Waals surface area contributed by atoms with Crippen LogP contribution >= 0.6 is 0 Å². The molecule has 0 radical (unpaired) electrons. The van der Waals surface area contributed by atoms with E-state index in [1.54, 1.807) is 23.1 Å². The van der Waals surface area contributed by atoms with Crippen molar-refractivity contribution < 1.29 is 18.1 Å². The third-order valence-corrected chi connectivity index (χ3v) is 6.50. The van der Waals surface area contributed by atoms with Crippen LogP contribution in [0.5, 0.6) is 0 Å². The van der Waals surface area contributed by atoms with E-state index in [0.717, 1.165) is 22.9 Å². The van der Waals surface area contributed by atoms with Crippen molar-refractivity contribution >= 4 is 33.0 Å². The Morgan fingerprint density at radius 2 is 1.68 bits per heavy atom. The average Bonchev–Trinajstić information content (AvgIpc) is 2.76. The van der Waals surface area contributed by atoms with Crippen molar-refractivity contribution in [3.63, 3.8) is 0 Å². The highest BCUT2D eigenvalue weighted by Gasteiger charge is 2.27. The number of hydrogen-bond acceptors (Lipinski definition) is 5. The minimum absolute atomic E-state index is 0.00425. The van der Waals surface area contributed by atoms with Crippen LogP contribution in [0.25, 0.3) is 0 Å². The van der Waals surface area contributed by atoms with Gasteiger partial charge in [0.15, 0.2) is 4.90 Å². The molecule has 0 aromatic heterocycles. The first-order valence-electron chi connectivity index (χ1n) is 9.58. The summed E-state index contributed by atoms with van der Waals surface area (Å²) in [6.45, 7) is 0.425. The Labute approximate surface area is 179 Å². The van der Waals surface area contributed by atoms with Crippen molar-refractivity contribution in [1.29, 1.82) is 0 Å². The van der Waals surface area contributed by atoms with Crippen LogP contribution in [-0.2, 0) is 27.8 Å². The van der Waals surface area contributed by atoms with Gasteiger partial charge in [-0.25, -0.2) is 8.42 Å². The highest BCUT2D eigenvalue weighted by Crippen LogP contribution is 2.33. The Bertz CT molecular complexity index is 1260. The Hall–Kier alpha value is -3.72. The van der Waals surface area contributed by atoms with Crippen LogP contribution in [0.15, 0.2) is 77.7 Å². The summed E-state index contributed by atoms with van der Waals surface area (Å²) in [6.07, 6.45) is 0.806. The summed E-state index contributed by atoms with van der Waals surface area (Å²) in [5.74, 6) is 0.00425.